The number of alkyl halides is 3. The molecular weight excluding hydrogens is 503 g/mol. The molecule has 198 valence electrons. The van der Waals surface area contributed by atoms with Crippen LogP contribution in [-0.4, -0.2) is 56.8 Å². The minimum Gasteiger partial charge on any atom is -0.495 e. The quantitative estimate of drug-likeness (QED) is 0.557. The highest BCUT2D eigenvalue weighted by atomic mass is 32.2. The van der Waals surface area contributed by atoms with E-state index in [9.17, 15) is 21.6 Å². The molecule has 1 N–H and O–H groups in total. The molecule has 0 bridgehead atoms. The molecule has 3 heterocycles. The number of halogens is 3. The zero-order chi connectivity index (χ0) is 26.4. The molecule has 6 nitrogen and oxygen atoms in total. The SMILES string of the molecule is CCS(=O)(=O)c1cccc(C2=CC=C(OCC3CCN(C)CC3)C3Nc4ncc(C(F)(F)F)cc4C23)c1. The predicted octanol–water partition coefficient (Wildman–Crippen LogP) is 5.11. The molecule has 2 aliphatic heterocycles. The van der Waals surface area contributed by atoms with Crippen LogP contribution in [0.25, 0.3) is 5.57 Å². The highest BCUT2D eigenvalue weighted by Crippen LogP contribution is 2.49. The fraction of sp³-hybridized carbons (Fsp3) is 0.444. The molecule has 0 radical (unpaired) electrons. The molecule has 1 saturated heterocycles. The van der Waals surface area contributed by atoms with Crippen molar-refractivity contribution in [2.24, 2.45) is 5.92 Å². The molecule has 0 amide bonds. The standard InChI is InChI=1S/C27H30F3N3O3S/c1-3-37(34,35)20-6-4-5-18(13-20)21-7-8-23(36-16-17-9-11-33(2)12-10-17)25-24(21)22-14-19(27(28,29)30)15-31-26(22)32-25/h4-8,13-15,17,24-25H,3,9-12,16H2,1-2H3,(H,31,32). The normalized spacial score (nSPS) is 22.5. The van der Waals surface area contributed by atoms with Gasteiger partial charge in [-0.3, -0.25) is 0 Å². The number of anilines is 1. The average Bonchev–Trinajstić information content (AvgIpc) is 3.27. The first-order valence-electron chi connectivity index (χ1n) is 12.5. The van der Waals surface area contributed by atoms with Crippen LogP contribution in [0.3, 0.4) is 0 Å². The Morgan fingerprint density at radius 1 is 1.16 bits per heavy atom. The van der Waals surface area contributed by atoms with Gasteiger partial charge in [0.15, 0.2) is 9.84 Å². The third-order valence-electron chi connectivity index (χ3n) is 7.50. The summed E-state index contributed by atoms with van der Waals surface area (Å²) in [5, 5.41) is 3.28. The smallest absolute Gasteiger partial charge is 0.417 e. The van der Waals surface area contributed by atoms with Gasteiger partial charge in [-0.1, -0.05) is 25.1 Å². The molecule has 5 rings (SSSR count). The van der Waals surface area contributed by atoms with E-state index < -0.39 is 33.5 Å². The van der Waals surface area contributed by atoms with Crippen LogP contribution in [-0.2, 0) is 20.8 Å². The third-order valence-corrected chi connectivity index (χ3v) is 9.24. The number of rotatable bonds is 6. The second-order valence-electron chi connectivity index (χ2n) is 9.94. The summed E-state index contributed by atoms with van der Waals surface area (Å²) >= 11 is 0. The lowest BCUT2D eigenvalue weighted by Crippen LogP contribution is -2.33. The molecule has 1 aliphatic carbocycles. The van der Waals surface area contributed by atoms with Gasteiger partial charge in [-0.05, 0) is 74.3 Å². The van der Waals surface area contributed by atoms with Gasteiger partial charge in [-0.2, -0.15) is 13.2 Å². The van der Waals surface area contributed by atoms with Gasteiger partial charge in [0.2, 0.25) is 0 Å². The highest BCUT2D eigenvalue weighted by Gasteiger charge is 2.43. The molecule has 1 aromatic carbocycles. The number of likely N-dealkylation sites (tertiary alicyclic amines) is 1. The lowest BCUT2D eigenvalue weighted by atomic mass is 9.80. The zero-order valence-electron chi connectivity index (χ0n) is 20.8. The van der Waals surface area contributed by atoms with Crippen molar-refractivity contribution < 1.29 is 26.3 Å². The van der Waals surface area contributed by atoms with Crippen LogP contribution in [0.2, 0.25) is 0 Å². The molecule has 2 atom stereocenters. The number of hydrogen-bond donors (Lipinski definition) is 1. The molecular formula is C27H30F3N3O3S. The number of aromatic nitrogens is 1. The maximum atomic E-state index is 13.6. The Balaban J connectivity index is 1.52. The number of fused-ring (bicyclic) bond motifs is 3. The summed E-state index contributed by atoms with van der Waals surface area (Å²) in [5.74, 6) is 0.885. The number of nitrogens with one attached hydrogen (secondary N) is 1. The maximum absolute atomic E-state index is 13.6. The summed E-state index contributed by atoms with van der Waals surface area (Å²) in [4.78, 5) is 6.57. The number of sulfone groups is 1. The van der Waals surface area contributed by atoms with Crippen molar-refractivity contribution in [3.63, 3.8) is 0 Å². The largest absolute Gasteiger partial charge is 0.495 e. The van der Waals surface area contributed by atoms with E-state index in [-0.39, 0.29) is 10.6 Å². The second-order valence-corrected chi connectivity index (χ2v) is 12.2. The number of nitrogens with zero attached hydrogens (tertiary/aromatic N) is 2. The minimum absolute atomic E-state index is 0.0420. The average molecular weight is 534 g/mol. The van der Waals surface area contributed by atoms with Crippen molar-refractivity contribution in [3.8, 4) is 0 Å². The van der Waals surface area contributed by atoms with Crippen LogP contribution in [0.4, 0.5) is 19.0 Å². The van der Waals surface area contributed by atoms with Crippen LogP contribution in [0.1, 0.15) is 42.4 Å². The van der Waals surface area contributed by atoms with E-state index in [2.05, 4.69) is 22.2 Å². The van der Waals surface area contributed by atoms with Crippen molar-refractivity contribution in [2.45, 2.75) is 42.8 Å². The predicted molar refractivity (Wildman–Crippen MR) is 136 cm³/mol. The van der Waals surface area contributed by atoms with Gasteiger partial charge in [0.25, 0.3) is 0 Å². The van der Waals surface area contributed by atoms with Gasteiger partial charge in [0.1, 0.15) is 11.6 Å². The molecule has 37 heavy (non-hydrogen) atoms. The van der Waals surface area contributed by atoms with Gasteiger partial charge < -0.3 is 15.0 Å². The number of allylic oxidation sites excluding steroid dienone is 2. The molecule has 1 aromatic heterocycles. The number of pyridine rings is 1. The van der Waals surface area contributed by atoms with Gasteiger partial charge in [0, 0.05) is 17.7 Å². The number of hydrogen-bond acceptors (Lipinski definition) is 6. The Hall–Kier alpha value is -2.85. The van der Waals surface area contributed by atoms with Crippen LogP contribution < -0.4 is 5.32 Å². The number of ether oxygens (including phenoxy) is 1. The van der Waals surface area contributed by atoms with Crippen molar-refractivity contribution in [2.75, 3.05) is 37.8 Å². The van der Waals surface area contributed by atoms with E-state index in [1.807, 2.05) is 12.2 Å². The zero-order valence-corrected chi connectivity index (χ0v) is 21.6. The molecule has 0 spiro atoms. The van der Waals surface area contributed by atoms with E-state index >= 15 is 0 Å². The van der Waals surface area contributed by atoms with Crippen molar-refractivity contribution in [1.29, 1.82) is 0 Å². The molecule has 0 saturated carbocycles. The molecule has 1 fully saturated rings. The molecule has 3 aliphatic rings. The molecule has 2 unspecified atom stereocenters. The molecule has 10 heteroatoms. The third kappa shape index (κ3) is 5.13. The van der Waals surface area contributed by atoms with Crippen molar-refractivity contribution >= 4 is 21.2 Å². The van der Waals surface area contributed by atoms with E-state index in [0.717, 1.165) is 43.8 Å². The summed E-state index contributed by atoms with van der Waals surface area (Å²) in [6, 6.07) is 7.29. The Bertz CT molecular complexity index is 1350. The Morgan fingerprint density at radius 2 is 1.92 bits per heavy atom. The Kier molecular flexibility index (Phi) is 6.83. The lowest BCUT2D eigenvalue weighted by Gasteiger charge is -2.32. The Labute approximate surface area is 215 Å². The monoisotopic (exact) mass is 533 g/mol. The first-order chi connectivity index (χ1) is 17.6. The summed E-state index contributed by atoms with van der Waals surface area (Å²) in [7, 11) is -1.35. The Morgan fingerprint density at radius 3 is 2.62 bits per heavy atom. The maximum Gasteiger partial charge on any atom is 0.417 e. The minimum atomic E-state index is -4.53. The first kappa shape index (κ1) is 25.8. The van der Waals surface area contributed by atoms with Crippen molar-refractivity contribution in [3.05, 3.63) is 71.1 Å². The highest BCUT2D eigenvalue weighted by molar-refractivity contribution is 7.91. The topological polar surface area (TPSA) is 71.5 Å². The van der Waals surface area contributed by atoms with Crippen LogP contribution in [0.5, 0.6) is 0 Å². The summed E-state index contributed by atoms with van der Waals surface area (Å²) in [6.45, 7) is 4.13. The number of benzene rings is 1. The fourth-order valence-electron chi connectivity index (χ4n) is 5.26. The van der Waals surface area contributed by atoms with E-state index in [1.165, 1.54) is 0 Å². The summed E-state index contributed by atoms with van der Waals surface area (Å²) in [6.07, 6.45) is 2.04. The lowest BCUT2D eigenvalue weighted by molar-refractivity contribution is -0.137. The van der Waals surface area contributed by atoms with Crippen LogP contribution in [0, 0.1) is 5.92 Å². The van der Waals surface area contributed by atoms with E-state index in [1.54, 1.807) is 31.2 Å². The van der Waals surface area contributed by atoms with Crippen LogP contribution >= 0.6 is 0 Å². The number of piperidine rings is 1. The fourth-order valence-corrected chi connectivity index (χ4v) is 6.18. The van der Waals surface area contributed by atoms with Crippen LogP contribution in [0.15, 0.2) is 59.3 Å². The van der Waals surface area contributed by atoms with E-state index in [0.29, 0.717) is 35.2 Å². The van der Waals surface area contributed by atoms with E-state index in [4.69, 9.17) is 4.74 Å². The summed E-state index contributed by atoms with van der Waals surface area (Å²) in [5.41, 5.74) is 0.960. The second kappa shape index (κ2) is 9.79. The van der Waals surface area contributed by atoms with Gasteiger partial charge in [0.05, 0.1) is 28.9 Å². The van der Waals surface area contributed by atoms with Gasteiger partial charge in [-0.15, -0.1) is 0 Å². The molecule has 2 aromatic rings. The first-order valence-corrected chi connectivity index (χ1v) is 14.1. The van der Waals surface area contributed by atoms with Gasteiger partial charge >= 0.3 is 6.18 Å². The van der Waals surface area contributed by atoms with Gasteiger partial charge in [-0.25, -0.2) is 13.4 Å². The van der Waals surface area contributed by atoms with Crippen molar-refractivity contribution in [1.82, 2.24) is 9.88 Å². The summed E-state index contributed by atoms with van der Waals surface area (Å²) < 4.78 is 72.0.